The highest BCUT2D eigenvalue weighted by molar-refractivity contribution is 5.91. The van der Waals surface area contributed by atoms with Crippen LogP contribution in [0, 0.1) is 17.3 Å². The van der Waals surface area contributed by atoms with Gasteiger partial charge in [0.25, 0.3) is 0 Å². The molecule has 4 atom stereocenters. The zero-order valence-electron chi connectivity index (χ0n) is 23.4. The average molecular weight is 480 g/mol. The number of ether oxygens (including phenoxy) is 1. The van der Waals surface area contributed by atoms with Gasteiger partial charge in [-0.2, -0.15) is 0 Å². The number of likely N-dealkylation sites (N-methyl/N-ethyl adjacent to an activating group) is 1. The Morgan fingerprint density at radius 3 is 2.21 bits per heavy atom. The van der Waals surface area contributed by atoms with E-state index in [9.17, 15) is 14.4 Å². The molecular weight excluding hydrogens is 430 g/mol. The fourth-order valence-corrected chi connectivity index (χ4v) is 4.60. The minimum absolute atomic E-state index is 0.0749. The van der Waals surface area contributed by atoms with Crippen molar-refractivity contribution in [2.45, 2.75) is 106 Å². The Kier molecular flexibility index (Phi) is 11.3. The molecule has 0 aliphatic carbocycles. The normalized spacial score (nSPS) is 21.9. The molecule has 0 aromatic heterocycles. The molecule has 1 N–H and O–H groups in total. The Morgan fingerprint density at radius 1 is 1.15 bits per heavy atom. The minimum atomic E-state index is -0.684. The van der Waals surface area contributed by atoms with Gasteiger partial charge in [-0.05, 0) is 57.8 Å². The molecule has 34 heavy (non-hydrogen) atoms. The van der Waals surface area contributed by atoms with Gasteiger partial charge in [0.1, 0.15) is 6.04 Å². The smallest absolute Gasteiger partial charge is 0.333 e. The molecule has 2 amide bonds. The largest absolute Gasteiger partial charge is 0.463 e. The topological polar surface area (TPSA) is 79.0 Å². The summed E-state index contributed by atoms with van der Waals surface area (Å²) in [6.45, 7) is 21.0. The first-order valence-corrected chi connectivity index (χ1v) is 12.8. The van der Waals surface area contributed by atoms with Crippen molar-refractivity contribution in [1.29, 1.82) is 0 Å². The van der Waals surface area contributed by atoms with E-state index in [4.69, 9.17) is 4.74 Å². The Bertz CT molecular complexity index is 739. The molecule has 1 unspecified atom stereocenters. The van der Waals surface area contributed by atoms with E-state index in [1.165, 1.54) is 0 Å². The van der Waals surface area contributed by atoms with Gasteiger partial charge in [0.15, 0.2) is 0 Å². The van der Waals surface area contributed by atoms with E-state index >= 15 is 0 Å². The van der Waals surface area contributed by atoms with Crippen LogP contribution < -0.4 is 5.32 Å². The Labute approximate surface area is 207 Å². The lowest BCUT2D eigenvalue weighted by Gasteiger charge is -2.42. The van der Waals surface area contributed by atoms with E-state index in [2.05, 4.69) is 31.0 Å². The number of rotatable bonds is 9. The van der Waals surface area contributed by atoms with Gasteiger partial charge in [0.2, 0.25) is 11.8 Å². The van der Waals surface area contributed by atoms with E-state index in [1.807, 2.05) is 34.6 Å². The van der Waals surface area contributed by atoms with E-state index in [1.54, 1.807) is 31.9 Å². The van der Waals surface area contributed by atoms with E-state index in [-0.39, 0.29) is 41.8 Å². The summed E-state index contributed by atoms with van der Waals surface area (Å²) >= 11 is 0. The van der Waals surface area contributed by atoms with Crippen LogP contribution in [-0.4, -0.2) is 72.0 Å². The molecule has 196 valence electrons. The van der Waals surface area contributed by atoms with Crippen LogP contribution in [0.4, 0.5) is 0 Å². The molecule has 0 aromatic rings. The highest BCUT2D eigenvalue weighted by Gasteiger charge is 2.40. The van der Waals surface area contributed by atoms with Crippen molar-refractivity contribution in [3.63, 3.8) is 0 Å². The van der Waals surface area contributed by atoms with Crippen LogP contribution >= 0.6 is 0 Å². The Hall–Kier alpha value is -1.89. The van der Waals surface area contributed by atoms with Gasteiger partial charge in [0.05, 0.1) is 18.7 Å². The summed E-state index contributed by atoms with van der Waals surface area (Å²) in [7, 11) is 1.75. The van der Waals surface area contributed by atoms with Gasteiger partial charge in [-0.3, -0.25) is 14.5 Å². The molecule has 1 aliphatic rings. The first-order valence-electron chi connectivity index (χ1n) is 12.8. The fraction of sp³-hybridized carbons (Fsp3) is 0.815. The SMILES string of the molecule is CCOC(=O)/C(C)=C/[C@H](C(C)C)N(C)C(=O)C(NC(=O)[C@H]1CC[C@@H](C)CN1C(C)C)C(C)(C)C. The summed E-state index contributed by atoms with van der Waals surface area (Å²) < 4.78 is 5.11. The van der Waals surface area contributed by atoms with Crippen molar-refractivity contribution < 1.29 is 19.1 Å². The molecule has 0 radical (unpaired) electrons. The number of nitrogens with zero attached hydrogens (tertiary/aromatic N) is 2. The molecule has 1 aliphatic heterocycles. The molecule has 1 heterocycles. The second-order valence-electron chi connectivity index (χ2n) is 11.6. The van der Waals surface area contributed by atoms with Crippen molar-refractivity contribution in [3.05, 3.63) is 11.6 Å². The zero-order chi connectivity index (χ0) is 26.4. The van der Waals surface area contributed by atoms with E-state index < -0.39 is 11.5 Å². The monoisotopic (exact) mass is 479 g/mol. The Balaban J connectivity index is 3.17. The molecule has 7 heteroatoms. The number of piperidine rings is 1. The number of esters is 1. The van der Waals surface area contributed by atoms with Crippen molar-refractivity contribution in [3.8, 4) is 0 Å². The van der Waals surface area contributed by atoms with Gasteiger partial charge in [-0.15, -0.1) is 0 Å². The molecule has 1 fully saturated rings. The number of hydrogen-bond acceptors (Lipinski definition) is 5. The van der Waals surface area contributed by atoms with E-state index in [0.29, 0.717) is 18.1 Å². The summed E-state index contributed by atoms with van der Waals surface area (Å²) in [6, 6.07) is -0.963. The molecule has 0 aromatic carbocycles. The van der Waals surface area contributed by atoms with Gasteiger partial charge >= 0.3 is 5.97 Å². The van der Waals surface area contributed by atoms with Crippen LogP contribution in [0.3, 0.4) is 0 Å². The number of carbonyl (C=O) groups excluding carboxylic acids is 3. The van der Waals surface area contributed by atoms with Gasteiger partial charge < -0.3 is 15.0 Å². The number of likely N-dealkylation sites (tertiary alicyclic amines) is 1. The number of nitrogens with one attached hydrogen (secondary N) is 1. The van der Waals surface area contributed by atoms with Crippen LogP contribution in [0.2, 0.25) is 0 Å². The second-order valence-corrected chi connectivity index (χ2v) is 11.6. The van der Waals surface area contributed by atoms with Crippen molar-refractivity contribution in [1.82, 2.24) is 15.1 Å². The molecular formula is C27H49N3O4. The first-order chi connectivity index (χ1) is 15.6. The predicted octanol–water partition coefficient (Wildman–Crippen LogP) is 4.02. The van der Waals surface area contributed by atoms with Gasteiger partial charge in [-0.25, -0.2) is 4.79 Å². The zero-order valence-corrected chi connectivity index (χ0v) is 23.4. The highest BCUT2D eigenvalue weighted by Crippen LogP contribution is 2.27. The third-order valence-electron chi connectivity index (χ3n) is 6.72. The predicted molar refractivity (Wildman–Crippen MR) is 137 cm³/mol. The van der Waals surface area contributed by atoms with Gasteiger partial charge in [-0.1, -0.05) is 47.6 Å². The summed E-state index contributed by atoms with van der Waals surface area (Å²) in [4.78, 5) is 43.3. The lowest BCUT2D eigenvalue weighted by atomic mass is 9.84. The molecule has 0 saturated carbocycles. The Morgan fingerprint density at radius 2 is 1.74 bits per heavy atom. The maximum Gasteiger partial charge on any atom is 0.333 e. The molecule has 0 spiro atoms. The molecule has 1 rings (SSSR count). The van der Waals surface area contributed by atoms with Crippen LogP contribution in [0.5, 0.6) is 0 Å². The maximum absolute atomic E-state index is 13.8. The number of amides is 2. The summed E-state index contributed by atoms with van der Waals surface area (Å²) in [6.07, 6.45) is 3.59. The summed E-state index contributed by atoms with van der Waals surface area (Å²) in [5, 5.41) is 3.11. The number of carbonyl (C=O) groups is 3. The highest BCUT2D eigenvalue weighted by atomic mass is 16.5. The van der Waals surface area contributed by atoms with Crippen molar-refractivity contribution in [2.24, 2.45) is 17.3 Å². The molecule has 0 bridgehead atoms. The standard InChI is InChI=1S/C27H49N3O4/c1-12-34-26(33)20(7)15-22(17(2)3)29(11)25(32)23(27(8,9)10)28-24(31)21-14-13-19(6)16-30(21)18(4)5/h15,17-19,21-23H,12-14,16H2,1-11H3,(H,28,31)/b20-15+/t19-,21-,22-,23?/m1/s1. The first kappa shape index (κ1) is 30.1. The summed E-state index contributed by atoms with van der Waals surface area (Å²) in [5.74, 6) is 0.00842. The third kappa shape index (κ3) is 8.10. The fourth-order valence-electron chi connectivity index (χ4n) is 4.60. The lowest BCUT2D eigenvalue weighted by Crippen LogP contribution is -2.61. The molecule has 1 saturated heterocycles. The second kappa shape index (κ2) is 12.7. The van der Waals surface area contributed by atoms with Gasteiger partial charge in [0, 0.05) is 25.2 Å². The van der Waals surface area contributed by atoms with Crippen LogP contribution in [0.1, 0.15) is 82.1 Å². The quantitative estimate of drug-likeness (QED) is 0.399. The van der Waals surface area contributed by atoms with Crippen LogP contribution in [-0.2, 0) is 19.1 Å². The summed E-state index contributed by atoms with van der Waals surface area (Å²) in [5.41, 5.74) is -0.00648. The van der Waals surface area contributed by atoms with Crippen molar-refractivity contribution in [2.75, 3.05) is 20.2 Å². The maximum atomic E-state index is 13.8. The third-order valence-corrected chi connectivity index (χ3v) is 6.72. The van der Waals surface area contributed by atoms with E-state index in [0.717, 1.165) is 19.4 Å². The molecule has 7 nitrogen and oxygen atoms in total. The number of hydrogen-bond donors (Lipinski definition) is 1. The van der Waals surface area contributed by atoms with Crippen LogP contribution in [0.25, 0.3) is 0 Å². The average Bonchev–Trinajstić information content (AvgIpc) is 2.73. The minimum Gasteiger partial charge on any atom is -0.463 e. The van der Waals surface area contributed by atoms with Crippen LogP contribution in [0.15, 0.2) is 11.6 Å². The van der Waals surface area contributed by atoms with Crippen molar-refractivity contribution >= 4 is 17.8 Å². The lowest BCUT2D eigenvalue weighted by molar-refractivity contribution is -0.142.